The largest absolute Gasteiger partial charge is 0.481 e. The van der Waals surface area contributed by atoms with Crippen LogP contribution in [0.15, 0.2) is 124 Å². The monoisotopic (exact) mass is 1340 g/mol. The Hall–Kier alpha value is -9.91. The van der Waals surface area contributed by atoms with E-state index in [4.69, 9.17) is 50.1 Å². The number of amides is 1. The van der Waals surface area contributed by atoms with Crippen molar-refractivity contribution in [3.05, 3.63) is 173 Å². The molecular weight excluding hydrogens is 1280 g/mol. The number of terminal acetylenes is 1. The molecule has 3 aromatic carbocycles. The highest BCUT2D eigenvalue weighted by Crippen LogP contribution is 2.33. The van der Waals surface area contributed by atoms with Gasteiger partial charge < -0.3 is 34.3 Å². The molecule has 12 rings (SSSR count). The van der Waals surface area contributed by atoms with Gasteiger partial charge in [0.25, 0.3) is 16.7 Å². The number of carboxylic acid groups (broad SMARTS) is 1. The van der Waals surface area contributed by atoms with Gasteiger partial charge in [-0.3, -0.25) is 28.8 Å². The molecule has 25 nitrogen and oxygen atoms in total. The summed E-state index contributed by atoms with van der Waals surface area (Å²) in [6, 6.07) is 27.5. The molecule has 12 aromatic rings. The number of ketones is 1. The van der Waals surface area contributed by atoms with Crippen LogP contribution < -0.4 is 22.0 Å². The minimum atomic E-state index is -0.971. The number of carbonyl (C=O) groups is 3. The Morgan fingerprint density at radius 3 is 1.08 bits per heavy atom. The first kappa shape index (κ1) is 74.1. The molecule has 0 spiro atoms. The van der Waals surface area contributed by atoms with Crippen molar-refractivity contribution in [3.8, 4) is 45.7 Å². The van der Waals surface area contributed by atoms with Crippen LogP contribution in [0, 0.1) is 12.3 Å². The van der Waals surface area contributed by atoms with Gasteiger partial charge in [-0.05, 0) is 97.5 Å². The van der Waals surface area contributed by atoms with Crippen molar-refractivity contribution in [3.63, 3.8) is 0 Å². The number of aliphatic hydroxyl groups is 2. The molecule has 0 fully saturated rings. The summed E-state index contributed by atoms with van der Waals surface area (Å²) in [6.45, 7) is 7.63. The molecule has 0 aliphatic heterocycles. The Balaban J connectivity index is 0.000000212. The van der Waals surface area contributed by atoms with Crippen LogP contribution in [0.3, 0.4) is 0 Å². The number of carbonyl (C=O) groups excluding carboxylic acids is 2. The highest BCUT2D eigenvalue weighted by molar-refractivity contribution is 7.17. The SMILES string of the molecule is C.C#CC.CCc1nn2c(nnc3c(=O)n(CCC(=O)CO)ccc32)c1-c1ccc(Cl)cc1.CCc1nn2c(nnc3c(=O)n(CCC(=O)NC)ccc32)c1-c1ccc(Cl)cc1.CCc1nn2c(nnc3c(=O)n(CCC(=O)O)ccc32)c1-c1ccc(Cl)cc1.CO.[B][B][B]. The fraction of sp³-hybridized carbons (Fsp3) is 0.266. The smallest absolute Gasteiger partial charge is 0.305 e. The molecule has 95 heavy (non-hydrogen) atoms. The molecular formula is C64H65B3Cl3N16O9. The summed E-state index contributed by atoms with van der Waals surface area (Å²) in [4.78, 5) is 71.9. The van der Waals surface area contributed by atoms with Gasteiger partial charge in [-0.15, -0.1) is 42.9 Å². The molecule has 0 atom stereocenters. The molecule has 5 radical (unpaired) electrons. The molecule has 485 valence electrons. The van der Waals surface area contributed by atoms with E-state index in [1.165, 1.54) is 13.7 Å². The number of pyridine rings is 3. The van der Waals surface area contributed by atoms with E-state index in [1.807, 2.05) is 69.3 Å². The molecule has 4 N–H and O–H groups in total. The number of fused-ring (bicyclic) bond motifs is 9. The second kappa shape index (κ2) is 34.8. The number of Topliss-reactive ketones (excluding diaryl/α,β-unsaturated/α-hetero) is 1. The van der Waals surface area contributed by atoms with Crippen LogP contribution in [0.25, 0.3) is 83.4 Å². The quantitative estimate of drug-likeness (QED) is 0.0546. The summed E-state index contributed by atoms with van der Waals surface area (Å²) in [7, 11) is 12.6. The molecule has 0 aliphatic carbocycles. The molecule has 0 unspecified atom stereocenters. The van der Waals surface area contributed by atoms with E-state index in [1.54, 1.807) is 88.6 Å². The Bertz CT molecular complexity index is 4720. The number of carboxylic acids is 1. The van der Waals surface area contributed by atoms with Crippen molar-refractivity contribution >= 4 is 125 Å². The Kier molecular flexibility index (Phi) is 27.2. The van der Waals surface area contributed by atoms with Gasteiger partial charge in [0.2, 0.25) is 5.91 Å². The third-order valence-electron chi connectivity index (χ3n) is 14.2. The predicted octanol–water partition coefficient (Wildman–Crippen LogP) is 7.27. The van der Waals surface area contributed by atoms with E-state index in [0.29, 0.717) is 67.8 Å². The van der Waals surface area contributed by atoms with E-state index >= 15 is 0 Å². The maximum atomic E-state index is 12.8. The number of rotatable bonds is 16. The van der Waals surface area contributed by atoms with Gasteiger partial charge in [0, 0.05) is 103 Å². The van der Waals surface area contributed by atoms with Gasteiger partial charge in [0.05, 0.1) is 40.2 Å². The van der Waals surface area contributed by atoms with E-state index < -0.39 is 18.1 Å². The Morgan fingerprint density at radius 2 is 0.821 bits per heavy atom. The fourth-order valence-corrected chi connectivity index (χ4v) is 10.2. The summed E-state index contributed by atoms with van der Waals surface area (Å²) in [5.74, 6) is 0.817. The zero-order valence-electron chi connectivity index (χ0n) is 51.9. The van der Waals surface area contributed by atoms with Gasteiger partial charge in [0.1, 0.15) is 23.2 Å². The van der Waals surface area contributed by atoms with Crippen molar-refractivity contribution < 1.29 is 29.7 Å². The zero-order chi connectivity index (χ0) is 68.3. The fourth-order valence-electron chi connectivity index (χ4n) is 9.78. The van der Waals surface area contributed by atoms with Crippen molar-refractivity contribution in [2.24, 2.45) is 0 Å². The first-order chi connectivity index (χ1) is 45.4. The number of hydrogen-bond donors (Lipinski definition) is 4. The maximum absolute atomic E-state index is 12.8. The summed E-state index contributed by atoms with van der Waals surface area (Å²) in [5, 5.41) is 68.5. The Labute approximate surface area is 562 Å². The van der Waals surface area contributed by atoms with E-state index in [-0.39, 0.29) is 85.7 Å². The normalized spacial score (nSPS) is 10.5. The molecule has 0 aliphatic rings. The molecule has 0 bridgehead atoms. The van der Waals surface area contributed by atoms with Crippen LogP contribution in [0.1, 0.15) is 71.5 Å². The number of aromatic nitrogens is 15. The van der Waals surface area contributed by atoms with E-state index in [2.05, 4.69) is 79.0 Å². The standard InChI is InChI=1S/C20H19ClN6O2.C20H18ClN5O3.C19H16ClN5O3.C3H4.CH4O.CH4.B3/c1-3-14-17(12-4-6-13(21)7-5-12)19-24-23-18-15(27(19)25-14)8-10-26(20(18)29)11-9-16(28)22-2;1-2-15-17(12-3-5-13(21)6-4-12)19-23-22-18-16(26(19)24-15)8-10-25(20(18)29)9-7-14(28)11-27;1-2-13-16(11-3-5-12(20)6-4-11)18-22-21-17-14(25(18)23-13)7-9-24(19(17)28)10-8-15(26)27;1-3-2;1-2;;1-3-2/h4-8,10H,3,9,11H2,1-2H3,(H,22,28);3-6,8,10,27H,2,7,9,11H2,1H3;3-7,9H,2,8,10H2,1H3,(H,26,27);1H,2H3;2H,1H3;1H4;. The van der Waals surface area contributed by atoms with Gasteiger partial charge in [0.15, 0.2) is 39.3 Å². The first-order valence-corrected chi connectivity index (χ1v) is 30.2. The van der Waals surface area contributed by atoms with Crippen molar-refractivity contribution in [2.45, 2.75) is 93.3 Å². The third-order valence-corrected chi connectivity index (χ3v) is 15.0. The van der Waals surface area contributed by atoms with Crippen molar-refractivity contribution in [1.82, 2.24) is 78.5 Å². The van der Waals surface area contributed by atoms with Gasteiger partial charge >= 0.3 is 5.97 Å². The Morgan fingerprint density at radius 1 is 0.537 bits per heavy atom. The number of aliphatic hydroxyl groups excluding tert-OH is 2. The van der Waals surface area contributed by atoms with Crippen LogP contribution in [0.2, 0.25) is 15.1 Å². The van der Waals surface area contributed by atoms with Crippen molar-refractivity contribution in [2.75, 3.05) is 20.8 Å². The van der Waals surface area contributed by atoms with E-state index in [0.717, 1.165) is 64.6 Å². The predicted molar refractivity (Wildman–Crippen MR) is 371 cm³/mol. The lowest BCUT2D eigenvalue weighted by molar-refractivity contribution is -0.137. The minimum Gasteiger partial charge on any atom is -0.481 e. The molecule has 9 aromatic heterocycles. The molecule has 0 saturated carbocycles. The number of aryl methyl sites for hydroxylation is 6. The third kappa shape index (κ3) is 16.9. The average Bonchev–Trinajstić information content (AvgIpc) is 1.66. The van der Waals surface area contributed by atoms with Crippen LogP contribution in [0.4, 0.5) is 0 Å². The van der Waals surface area contributed by atoms with Crippen LogP contribution >= 0.6 is 34.8 Å². The van der Waals surface area contributed by atoms with Crippen LogP contribution in [-0.4, -0.2) is 149 Å². The van der Waals surface area contributed by atoms with Gasteiger partial charge in [-0.1, -0.05) is 99.4 Å². The van der Waals surface area contributed by atoms with Crippen LogP contribution in [-0.2, 0) is 53.3 Å². The summed E-state index contributed by atoms with van der Waals surface area (Å²) >= 11 is 18.0. The summed E-state index contributed by atoms with van der Waals surface area (Å²) in [6.07, 6.45) is 11.6. The van der Waals surface area contributed by atoms with Gasteiger partial charge in [-0.25, -0.2) is 13.5 Å². The second-order valence-corrected chi connectivity index (χ2v) is 21.3. The van der Waals surface area contributed by atoms with Crippen molar-refractivity contribution in [1.29, 1.82) is 0 Å². The minimum absolute atomic E-state index is 0. The number of aliphatic carboxylic acids is 1. The second-order valence-electron chi connectivity index (χ2n) is 20.0. The number of hydrogen-bond acceptors (Lipinski definition) is 17. The number of nitrogens with one attached hydrogen (secondary N) is 1. The topological polar surface area (TPSA) is 319 Å². The highest BCUT2D eigenvalue weighted by Gasteiger charge is 2.23. The molecule has 0 saturated heterocycles. The number of nitrogens with zero attached hydrogens (tertiary/aromatic N) is 15. The molecule has 9 heterocycles. The molecule has 1 amide bonds. The highest BCUT2D eigenvalue weighted by atomic mass is 35.5. The van der Waals surface area contributed by atoms with Crippen LogP contribution in [0.5, 0.6) is 0 Å². The lowest BCUT2D eigenvalue weighted by atomic mass is 9.40. The lowest BCUT2D eigenvalue weighted by Crippen LogP contribution is -2.25. The zero-order valence-corrected chi connectivity index (χ0v) is 54.2. The molecule has 31 heteroatoms. The average molecular weight is 1340 g/mol. The number of benzene rings is 3. The maximum Gasteiger partial charge on any atom is 0.305 e. The summed E-state index contributed by atoms with van der Waals surface area (Å²) < 4.78 is 9.09. The first-order valence-electron chi connectivity index (χ1n) is 29.1. The van der Waals surface area contributed by atoms with E-state index in [9.17, 15) is 28.8 Å². The summed E-state index contributed by atoms with van der Waals surface area (Å²) in [5.41, 5.74) is 10.7. The van der Waals surface area contributed by atoms with Gasteiger partial charge in [-0.2, -0.15) is 15.3 Å². The number of halogens is 3. The lowest BCUT2D eigenvalue weighted by Gasteiger charge is -2.07.